The van der Waals surface area contributed by atoms with Gasteiger partial charge >= 0.3 is 6.03 Å². The van der Waals surface area contributed by atoms with Crippen LogP contribution >= 0.6 is 0 Å². The first-order valence-corrected chi connectivity index (χ1v) is 7.98. The predicted octanol–water partition coefficient (Wildman–Crippen LogP) is 2.04. The fourth-order valence-electron chi connectivity index (χ4n) is 2.25. The Bertz CT molecular complexity index is 741. The topological polar surface area (TPSA) is 111 Å². The highest BCUT2D eigenvalue weighted by molar-refractivity contribution is 5.89. The Labute approximate surface area is 146 Å². The molecular formula is C17H23N5O3. The molecule has 134 valence electrons. The Morgan fingerprint density at radius 2 is 2.08 bits per heavy atom. The van der Waals surface area contributed by atoms with E-state index in [4.69, 9.17) is 10.5 Å². The molecular weight excluding hydrogens is 322 g/mol. The number of urea groups is 1. The molecule has 0 aliphatic heterocycles. The maximum atomic E-state index is 12.1. The third kappa shape index (κ3) is 5.83. The maximum Gasteiger partial charge on any atom is 0.319 e. The van der Waals surface area contributed by atoms with Crippen molar-refractivity contribution in [2.45, 2.75) is 39.5 Å². The van der Waals surface area contributed by atoms with E-state index in [1.807, 2.05) is 45.0 Å². The largest absolute Gasteiger partial charge is 0.491 e. The lowest BCUT2D eigenvalue weighted by atomic mass is 10.1. The highest BCUT2D eigenvalue weighted by Gasteiger charge is 2.12. The number of ether oxygens (including phenoxy) is 1. The summed E-state index contributed by atoms with van der Waals surface area (Å²) >= 11 is 0. The average Bonchev–Trinajstić information content (AvgIpc) is 2.92. The van der Waals surface area contributed by atoms with Crippen LogP contribution in [0.3, 0.4) is 0 Å². The van der Waals surface area contributed by atoms with Crippen molar-refractivity contribution in [2.75, 3.05) is 5.32 Å². The summed E-state index contributed by atoms with van der Waals surface area (Å²) in [6.45, 7) is 5.76. The SMILES string of the molecule is CC(C)Oc1cccc(C(C)NC(=O)Nc2cnn(CC(N)=O)c2)c1. The minimum absolute atomic E-state index is 0.0393. The van der Waals surface area contributed by atoms with Gasteiger partial charge in [0.15, 0.2) is 0 Å². The van der Waals surface area contributed by atoms with E-state index in [1.54, 1.807) is 0 Å². The van der Waals surface area contributed by atoms with E-state index in [-0.39, 0.29) is 24.7 Å². The zero-order valence-corrected chi connectivity index (χ0v) is 14.5. The van der Waals surface area contributed by atoms with Gasteiger partial charge in [0.1, 0.15) is 12.3 Å². The van der Waals surface area contributed by atoms with Gasteiger partial charge in [-0.3, -0.25) is 9.48 Å². The number of nitrogens with two attached hydrogens (primary N) is 1. The van der Waals surface area contributed by atoms with E-state index in [0.29, 0.717) is 5.69 Å². The van der Waals surface area contributed by atoms with Crippen molar-refractivity contribution in [3.8, 4) is 5.75 Å². The standard InChI is InChI=1S/C17H23N5O3/c1-11(2)25-15-6-4-5-13(7-15)12(3)20-17(24)21-14-8-19-22(9-14)10-16(18)23/h4-9,11-12H,10H2,1-3H3,(H2,18,23)(H2,20,21,24). The molecule has 1 aromatic heterocycles. The number of carbonyl (C=O) groups excluding carboxylic acids is 2. The van der Waals surface area contributed by atoms with Gasteiger partial charge in [0.25, 0.3) is 0 Å². The third-order valence-electron chi connectivity index (χ3n) is 3.29. The number of aromatic nitrogens is 2. The predicted molar refractivity (Wildman–Crippen MR) is 94.2 cm³/mol. The van der Waals surface area contributed by atoms with Crippen LogP contribution in [0.15, 0.2) is 36.7 Å². The van der Waals surface area contributed by atoms with Gasteiger partial charge in [-0.25, -0.2) is 4.79 Å². The molecule has 0 saturated heterocycles. The molecule has 0 radical (unpaired) electrons. The van der Waals surface area contributed by atoms with Gasteiger partial charge in [0, 0.05) is 6.20 Å². The van der Waals surface area contributed by atoms with Crippen molar-refractivity contribution in [3.63, 3.8) is 0 Å². The van der Waals surface area contributed by atoms with Crippen LogP contribution in [0, 0.1) is 0 Å². The molecule has 0 aliphatic rings. The van der Waals surface area contributed by atoms with Gasteiger partial charge < -0.3 is 21.1 Å². The fourth-order valence-corrected chi connectivity index (χ4v) is 2.25. The summed E-state index contributed by atoms with van der Waals surface area (Å²) in [5.74, 6) is 0.255. The van der Waals surface area contributed by atoms with Gasteiger partial charge in [-0.05, 0) is 38.5 Å². The summed E-state index contributed by atoms with van der Waals surface area (Å²) in [5.41, 5.74) is 6.50. The monoisotopic (exact) mass is 345 g/mol. The molecule has 1 unspecified atom stereocenters. The Morgan fingerprint density at radius 1 is 1.32 bits per heavy atom. The van der Waals surface area contributed by atoms with Crippen LogP contribution in [0.5, 0.6) is 5.75 Å². The van der Waals surface area contributed by atoms with Crippen LogP contribution in [0.1, 0.15) is 32.4 Å². The number of amides is 3. The molecule has 0 bridgehead atoms. The summed E-state index contributed by atoms with van der Waals surface area (Å²) in [6.07, 6.45) is 3.06. The van der Waals surface area contributed by atoms with E-state index in [0.717, 1.165) is 11.3 Å². The van der Waals surface area contributed by atoms with Crippen LogP contribution in [0.25, 0.3) is 0 Å². The van der Waals surface area contributed by atoms with Crippen molar-refractivity contribution < 1.29 is 14.3 Å². The Balaban J connectivity index is 1.93. The number of anilines is 1. The molecule has 25 heavy (non-hydrogen) atoms. The quantitative estimate of drug-likeness (QED) is 0.713. The first-order valence-electron chi connectivity index (χ1n) is 7.98. The zero-order chi connectivity index (χ0) is 18.4. The van der Waals surface area contributed by atoms with E-state index in [9.17, 15) is 9.59 Å². The minimum Gasteiger partial charge on any atom is -0.491 e. The minimum atomic E-state index is -0.503. The zero-order valence-electron chi connectivity index (χ0n) is 14.5. The molecule has 0 saturated carbocycles. The average molecular weight is 345 g/mol. The van der Waals surface area contributed by atoms with Gasteiger partial charge in [0.05, 0.1) is 24.0 Å². The number of nitrogens with zero attached hydrogens (tertiary/aromatic N) is 2. The van der Waals surface area contributed by atoms with Gasteiger partial charge in [-0.15, -0.1) is 0 Å². The molecule has 2 rings (SSSR count). The van der Waals surface area contributed by atoms with Crippen LogP contribution in [-0.4, -0.2) is 27.8 Å². The number of benzene rings is 1. The molecule has 0 fully saturated rings. The van der Waals surface area contributed by atoms with Crippen molar-refractivity contribution in [2.24, 2.45) is 5.73 Å². The number of rotatable bonds is 7. The maximum absolute atomic E-state index is 12.1. The molecule has 4 N–H and O–H groups in total. The van der Waals surface area contributed by atoms with Crippen molar-refractivity contribution in [3.05, 3.63) is 42.2 Å². The molecule has 8 heteroatoms. The summed E-state index contributed by atoms with van der Waals surface area (Å²) in [4.78, 5) is 23.0. The van der Waals surface area contributed by atoms with Crippen molar-refractivity contribution >= 4 is 17.6 Å². The number of primary amides is 1. The number of hydrogen-bond acceptors (Lipinski definition) is 4. The van der Waals surface area contributed by atoms with Crippen molar-refractivity contribution in [1.82, 2.24) is 15.1 Å². The second kappa shape index (κ2) is 8.18. The summed E-state index contributed by atoms with van der Waals surface area (Å²) < 4.78 is 7.02. The second-order valence-electron chi connectivity index (χ2n) is 5.95. The second-order valence-corrected chi connectivity index (χ2v) is 5.95. The lowest BCUT2D eigenvalue weighted by Crippen LogP contribution is -2.31. The Kier molecular flexibility index (Phi) is 5.99. The summed E-state index contributed by atoms with van der Waals surface area (Å²) in [6, 6.07) is 7.00. The molecule has 8 nitrogen and oxygen atoms in total. The van der Waals surface area contributed by atoms with Crippen molar-refractivity contribution in [1.29, 1.82) is 0 Å². The summed E-state index contributed by atoms with van der Waals surface area (Å²) in [5, 5.41) is 9.45. The number of nitrogens with one attached hydrogen (secondary N) is 2. The van der Waals surface area contributed by atoms with Gasteiger partial charge in [0.2, 0.25) is 5.91 Å². The lowest BCUT2D eigenvalue weighted by molar-refractivity contribution is -0.118. The normalized spacial score (nSPS) is 11.8. The Morgan fingerprint density at radius 3 is 2.76 bits per heavy atom. The highest BCUT2D eigenvalue weighted by Crippen LogP contribution is 2.20. The number of carbonyl (C=O) groups is 2. The number of hydrogen-bond donors (Lipinski definition) is 3. The van der Waals surface area contributed by atoms with E-state index < -0.39 is 5.91 Å². The van der Waals surface area contributed by atoms with Crippen LogP contribution < -0.4 is 21.1 Å². The van der Waals surface area contributed by atoms with E-state index in [1.165, 1.54) is 17.1 Å². The molecule has 1 heterocycles. The smallest absolute Gasteiger partial charge is 0.319 e. The molecule has 3 amide bonds. The molecule has 0 spiro atoms. The molecule has 1 atom stereocenters. The highest BCUT2D eigenvalue weighted by atomic mass is 16.5. The third-order valence-corrected chi connectivity index (χ3v) is 3.29. The molecule has 0 aliphatic carbocycles. The van der Waals surface area contributed by atoms with E-state index >= 15 is 0 Å². The first kappa shape index (κ1) is 18.3. The molecule has 1 aromatic carbocycles. The summed E-state index contributed by atoms with van der Waals surface area (Å²) in [7, 11) is 0. The van der Waals surface area contributed by atoms with Crippen LogP contribution in [0.4, 0.5) is 10.5 Å². The van der Waals surface area contributed by atoms with E-state index in [2.05, 4.69) is 15.7 Å². The lowest BCUT2D eigenvalue weighted by Gasteiger charge is -2.16. The van der Waals surface area contributed by atoms with Crippen LogP contribution in [-0.2, 0) is 11.3 Å². The fraction of sp³-hybridized carbons (Fsp3) is 0.353. The van der Waals surface area contributed by atoms with Gasteiger partial charge in [-0.2, -0.15) is 5.10 Å². The van der Waals surface area contributed by atoms with Gasteiger partial charge in [-0.1, -0.05) is 12.1 Å². The van der Waals surface area contributed by atoms with Crippen LogP contribution in [0.2, 0.25) is 0 Å². The first-order chi connectivity index (χ1) is 11.8. The molecule has 2 aromatic rings. The Hall–Kier alpha value is -3.03.